The molecule has 1 fully saturated rings. The largest absolute Gasteiger partial charge is 0.294 e. The second kappa shape index (κ2) is 7.85. The van der Waals surface area contributed by atoms with Crippen molar-refractivity contribution in [3.63, 3.8) is 0 Å². The summed E-state index contributed by atoms with van der Waals surface area (Å²) in [6, 6.07) is 2.76. The minimum atomic E-state index is -0.699. The molecule has 0 heterocycles. The summed E-state index contributed by atoms with van der Waals surface area (Å²) in [6.45, 7) is 3.82. The monoisotopic (exact) mass is 308 g/mol. The third-order valence-corrected chi connectivity index (χ3v) is 4.95. The molecule has 1 aromatic carbocycles. The van der Waals surface area contributed by atoms with E-state index in [4.69, 9.17) is 0 Å². The number of benzene rings is 1. The normalized spacial score (nSPS) is 21.8. The molecule has 122 valence electrons. The zero-order valence-electron chi connectivity index (χ0n) is 13.6. The molecule has 1 saturated carbocycles. The lowest BCUT2D eigenvalue weighted by Crippen LogP contribution is -2.15. The van der Waals surface area contributed by atoms with Crippen molar-refractivity contribution < 1.29 is 13.6 Å². The van der Waals surface area contributed by atoms with E-state index in [-0.39, 0.29) is 17.9 Å². The average Bonchev–Trinajstić information content (AvgIpc) is 2.52. The van der Waals surface area contributed by atoms with Crippen LogP contribution < -0.4 is 0 Å². The molecule has 0 radical (unpaired) electrons. The van der Waals surface area contributed by atoms with E-state index < -0.39 is 17.4 Å². The molecular formula is C19H26F2O. The van der Waals surface area contributed by atoms with Gasteiger partial charge in [0.05, 0.1) is 5.56 Å². The molecule has 3 heteroatoms. The number of hydrogen-bond donors (Lipinski definition) is 0. The standard InChI is InChI=1S/C19H26F2O/c1-3-5-6-13-7-9-14(10-8-13)15-11-16(20)19(17(21)12-15)18(22)4-2/h11-14H,3-10H2,1-2H3/t13-,14-. The zero-order chi connectivity index (χ0) is 16.1. The van der Waals surface area contributed by atoms with Crippen LogP contribution in [-0.4, -0.2) is 5.78 Å². The highest BCUT2D eigenvalue weighted by Crippen LogP contribution is 2.38. The van der Waals surface area contributed by atoms with Crippen molar-refractivity contribution in [2.45, 2.75) is 71.1 Å². The van der Waals surface area contributed by atoms with Gasteiger partial charge < -0.3 is 0 Å². The molecule has 0 aromatic heterocycles. The van der Waals surface area contributed by atoms with Crippen LogP contribution in [0, 0.1) is 17.6 Å². The van der Waals surface area contributed by atoms with Gasteiger partial charge in [0, 0.05) is 6.42 Å². The van der Waals surface area contributed by atoms with E-state index in [2.05, 4.69) is 6.92 Å². The van der Waals surface area contributed by atoms with Gasteiger partial charge in [-0.05, 0) is 55.2 Å². The van der Waals surface area contributed by atoms with Crippen LogP contribution in [0.4, 0.5) is 8.78 Å². The van der Waals surface area contributed by atoms with E-state index in [0.717, 1.165) is 37.2 Å². The highest BCUT2D eigenvalue weighted by molar-refractivity contribution is 5.96. The van der Waals surface area contributed by atoms with Crippen molar-refractivity contribution in [3.8, 4) is 0 Å². The molecule has 1 aliphatic carbocycles. The summed E-state index contributed by atoms with van der Waals surface area (Å²) in [5, 5.41) is 0. The van der Waals surface area contributed by atoms with E-state index >= 15 is 0 Å². The van der Waals surface area contributed by atoms with Crippen LogP contribution in [-0.2, 0) is 0 Å². The summed E-state index contributed by atoms with van der Waals surface area (Å²) < 4.78 is 28.2. The summed E-state index contributed by atoms with van der Waals surface area (Å²) in [6.07, 6.45) is 8.16. The Morgan fingerprint density at radius 1 is 1.09 bits per heavy atom. The Morgan fingerprint density at radius 3 is 2.18 bits per heavy atom. The van der Waals surface area contributed by atoms with Crippen LogP contribution in [0.5, 0.6) is 0 Å². The first-order chi connectivity index (χ1) is 10.6. The van der Waals surface area contributed by atoms with Crippen LogP contribution in [0.2, 0.25) is 0 Å². The molecule has 22 heavy (non-hydrogen) atoms. The summed E-state index contributed by atoms with van der Waals surface area (Å²) in [5.41, 5.74) is 0.347. The van der Waals surface area contributed by atoms with Gasteiger partial charge in [0.25, 0.3) is 0 Å². The van der Waals surface area contributed by atoms with Gasteiger partial charge in [0.1, 0.15) is 11.6 Å². The molecular weight excluding hydrogens is 282 g/mol. The van der Waals surface area contributed by atoms with Crippen molar-refractivity contribution in [1.82, 2.24) is 0 Å². The van der Waals surface area contributed by atoms with Crippen LogP contribution in [0.3, 0.4) is 0 Å². The number of Topliss-reactive ketones (excluding diaryl/α,β-unsaturated/α-hetero) is 1. The number of unbranched alkanes of at least 4 members (excludes halogenated alkanes) is 1. The second-order valence-electron chi connectivity index (χ2n) is 6.50. The molecule has 0 aliphatic heterocycles. The number of carbonyl (C=O) groups is 1. The minimum absolute atomic E-state index is 0.121. The molecule has 1 aromatic rings. The van der Waals surface area contributed by atoms with E-state index in [1.807, 2.05) is 0 Å². The van der Waals surface area contributed by atoms with Crippen molar-refractivity contribution >= 4 is 5.78 Å². The van der Waals surface area contributed by atoms with E-state index in [1.54, 1.807) is 6.92 Å². The van der Waals surface area contributed by atoms with E-state index in [9.17, 15) is 13.6 Å². The molecule has 0 amide bonds. The number of rotatable bonds is 6. The molecule has 0 atom stereocenters. The van der Waals surface area contributed by atoms with Gasteiger partial charge in [-0.3, -0.25) is 4.79 Å². The van der Waals surface area contributed by atoms with E-state index in [0.29, 0.717) is 0 Å². The van der Waals surface area contributed by atoms with Gasteiger partial charge in [-0.25, -0.2) is 8.78 Å². The number of ketones is 1. The maximum atomic E-state index is 14.1. The lowest BCUT2D eigenvalue weighted by Gasteiger charge is -2.29. The van der Waals surface area contributed by atoms with Crippen LogP contribution >= 0.6 is 0 Å². The van der Waals surface area contributed by atoms with Crippen molar-refractivity contribution in [2.75, 3.05) is 0 Å². The predicted octanol–water partition coefficient (Wildman–Crippen LogP) is 6.02. The zero-order valence-corrected chi connectivity index (χ0v) is 13.6. The first-order valence-corrected chi connectivity index (χ1v) is 8.58. The lowest BCUT2D eigenvalue weighted by atomic mass is 9.77. The van der Waals surface area contributed by atoms with Crippen LogP contribution in [0.25, 0.3) is 0 Å². The van der Waals surface area contributed by atoms with Crippen LogP contribution in [0.15, 0.2) is 12.1 Å². The van der Waals surface area contributed by atoms with E-state index in [1.165, 1.54) is 31.4 Å². The predicted molar refractivity (Wildman–Crippen MR) is 85.2 cm³/mol. The summed E-state index contributed by atoms with van der Waals surface area (Å²) >= 11 is 0. The van der Waals surface area contributed by atoms with Gasteiger partial charge in [-0.15, -0.1) is 0 Å². The highest BCUT2D eigenvalue weighted by Gasteiger charge is 2.25. The third kappa shape index (κ3) is 3.93. The Labute approximate surface area is 132 Å². The molecule has 0 N–H and O–H groups in total. The smallest absolute Gasteiger partial charge is 0.168 e. The van der Waals surface area contributed by atoms with Gasteiger partial charge in [-0.2, -0.15) is 0 Å². The Balaban J connectivity index is 2.07. The van der Waals surface area contributed by atoms with Gasteiger partial charge >= 0.3 is 0 Å². The maximum absolute atomic E-state index is 14.1. The third-order valence-electron chi connectivity index (χ3n) is 4.95. The summed E-state index contributed by atoms with van der Waals surface area (Å²) in [5.74, 6) is -0.866. The fourth-order valence-electron chi connectivity index (χ4n) is 3.55. The maximum Gasteiger partial charge on any atom is 0.168 e. The molecule has 0 bridgehead atoms. The number of halogens is 2. The summed E-state index contributed by atoms with van der Waals surface area (Å²) in [7, 11) is 0. The summed E-state index contributed by atoms with van der Waals surface area (Å²) in [4.78, 5) is 11.6. The van der Waals surface area contributed by atoms with Gasteiger partial charge in [0.15, 0.2) is 5.78 Å². The Morgan fingerprint density at radius 2 is 1.68 bits per heavy atom. The molecule has 1 nitrogen and oxygen atoms in total. The van der Waals surface area contributed by atoms with Crippen molar-refractivity contribution in [1.29, 1.82) is 0 Å². The number of hydrogen-bond acceptors (Lipinski definition) is 1. The van der Waals surface area contributed by atoms with Crippen molar-refractivity contribution in [2.24, 2.45) is 5.92 Å². The molecule has 0 saturated heterocycles. The number of carbonyl (C=O) groups excluding carboxylic acids is 1. The fourth-order valence-corrected chi connectivity index (χ4v) is 3.55. The Bertz CT molecular complexity index is 493. The Hall–Kier alpha value is -1.25. The molecule has 0 unspecified atom stereocenters. The fraction of sp³-hybridized carbons (Fsp3) is 0.632. The second-order valence-corrected chi connectivity index (χ2v) is 6.50. The molecule has 1 aliphatic rings. The van der Waals surface area contributed by atoms with Gasteiger partial charge in [0.2, 0.25) is 0 Å². The minimum Gasteiger partial charge on any atom is -0.294 e. The first kappa shape index (κ1) is 17.1. The quantitative estimate of drug-likeness (QED) is 0.587. The topological polar surface area (TPSA) is 17.1 Å². The Kier molecular flexibility index (Phi) is 6.10. The SMILES string of the molecule is CCCC[C@H]1CC[C@H](c2cc(F)c(C(=O)CC)c(F)c2)CC1. The van der Waals surface area contributed by atoms with Crippen LogP contribution in [0.1, 0.15) is 87.1 Å². The van der Waals surface area contributed by atoms with Crippen molar-refractivity contribution in [3.05, 3.63) is 34.9 Å². The average molecular weight is 308 g/mol. The first-order valence-electron chi connectivity index (χ1n) is 8.58. The van der Waals surface area contributed by atoms with Gasteiger partial charge in [-0.1, -0.05) is 33.1 Å². The highest BCUT2D eigenvalue weighted by atomic mass is 19.1. The molecule has 0 spiro atoms. The lowest BCUT2D eigenvalue weighted by molar-refractivity contribution is 0.0980. The molecule has 2 rings (SSSR count).